The van der Waals surface area contributed by atoms with Gasteiger partial charge in [0, 0.05) is 17.4 Å². The predicted octanol–water partition coefficient (Wildman–Crippen LogP) is 2.60. The highest BCUT2D eigenvalue weighted by atomic mass is 15.3. The topological polar surface area (TPSA) is 56.2 Å². The number of fused-ring (bicyclic) bond motifs is 1. The van der Waals surface area contributed by atoms with Crippen molar-refractivity contribution in [3.8, 4) is 11.4 Å². The highest BCUT2D eigenvalue weighted by Crippen LogP contribution is 2.21. The molecule has 4 nitrogen and oxygen atoms in total. The summed E-state index contributed by atoms with van der Waals surface area (Å²) in [4.78, 5) is 4.49. The van der Waals surface area contributed by atoms with Gasteiger partial charge in [0.05, 0.1) is 0 Å². The molecular formula is C14H14N4. The first-order chi connectivity index (χ1) is 8.63. The van der Waals surface area contributed by atoms with Crippen molar-refractivity contribution in [1.29, 1.82) is 0 Å². The van der Waals surface area contributed by atoms with E-state index in [2.05, 4.69) is 10.1 Å². The zero-order valence-electron chi connectivity index (χ0n) is 10.4. The van der Waals surface area contributed by atoms with Crippen molar-refractivity contribution >= 4 is 11.3 Å². The lowest BCUT2D eigenvalue weighted by molar-refractivity contribution is 0.956. The van der Waals surface area contributed by atoms with E-state index in [0.717, 1.165) is 28.0 Å². The lowest BCUT2D eigenvalue weighted by Gasteiger charge is -2.00. The molecule has 0 aliphatic heterocycles. The van der Waals surface area contributed by atoms with E-state index < -0.39 is 0 Å². The zero-order valence-corrected chi connectivity index (χ0v) is 10.4. The van der Waals surface area contributed by atoms with Crippen molar-refractivity contribution in [2.45, 2.75) is 13.8 Å². The second-order valence-electron chi connectivity index (χ2n) is 4.52. The fraction of sp³-hybridized carbons (Fsp3) is 0.143. The number of nitrogens with zero attached hydrogens (tertiary/aromatic N) is 3. The summed E-state index contributed by atoms with van der Waals surface area (Å²) < 4.78 is 1.79. The maximum atomic E-state index is 5.91. The van der Waals surface area contributed by atoms with Gasteiger partial charge in [-0.05, 0) is 37.1 Å². The molecule has 0 fully saturated rings. The van der Waals surface area contributed by atoms with Crippen LogP contribution in [0, 0.1) is 13.8 Å². The van der Waals surface area contributed by atoms with E-state index in [4.69, 9.17) is 5.73 Å². The van der Waals surface area contributed by atoms with Crippen molar-refractivity contribution in [1.82, 2.24) is 14.6 Å². The SMILES string of the molecule is Cc1ccc2nc(-c3ccc(C)c(N)c3)nn2c1. The van der Waals surface area contributed by atoms with Gasteiger partial charge in [-0.15, -0.1) is 5.10 Å². The number of hydrogen-bond donors (Lipinski definition) is 1. The Morgan fingerprint density at radius 1 is 1.11 bits per heavy atom. The van der Waals surface area contributed by atoms with Gasteiger partial charge in [-0.3, -0.25) is 0 Å². The zero-order chi connectivity index (χ0) is 12.7. The van der Waals surface area contributed by atoms with Crippen molar-refractivity contribution in [2.75, 3.05) is 5.73 Å². The quantitative estimate of drug-likeness (QED) is 0.663. The molecule has 0 bridgehead atoms. The molecule has 3 rings (SSSR count). The van der Waals surface area contributed by atoms with Crippen LogP contribution in [0.5, 0.6) is 0 Å². The molecule has 0 saturated carbocycles. The normalized spacial score (nSPS) is 11.0. The Bertz CT molecular complexity index is 728. The summed E-state index contributed by atoms with van der Waals surface area (Å²) in [6.45, 7) is 4.02. The Kier molecular flexibility index (Phi) is 2.30. The first-order valence-corrected chi connectivity index (χ1v) is 5.83. The highest BCUT2D eigenvalue weighted by Gasteiger charge is 2.07. The molecule has 0 unspecified atom stereocenters. The van der Waals surface area contributed by atoms with Crippen LogP contribution in [-0.2, 0) is 0 Å². The minimum atomic E-state index is 0.701. The summed E-state index contributed by atoms with van der Waals surface area (Å²) in [5, 5.41) is 4.46. The number of pyridine rings is 1. The van der Waals surface area contributed by atoms with Crippen LogP contribution < -0.4 is 5.73 Å². The van der Waals surface area contributed by atoms with Crippen molar-refractivity contribution in [2.24, 2.45) is 0 Å². The van der Waals surface area contributed by atoms with Gasteiger partial charge in [-0.25, -0.2) is 9.50 Å². The Labute approximate surface area is 105 Å². The standard InChI is InChI=1S/C14H14N4/c1-9-3-6-13-16-14(17-18(13)8-9)11-5-4-10(2)12(15)7-11/h3-8H,15H2,1-2H3. The van der Waals surface area contributed by atoms with Gasteiger partial charge >= 0.3 is 0 Å². The van der Waals surface area contributed by atoms with Crippen molar-refractivity contribution in [3.05, 3.63) is 47.7 Å². The molecule has 0 amide bonds. The number of aromatic nitrogens is 3. The minimum Gasteiger partial charge on any atom is -0.398 e. The van der Waals surface area contributed by atoms with Crippen LogP contribution in [0.2, 0.25) is 0 Å². The molecule has 0 saturated heterocycles. The van der Waals surface area contributed by atoms with E-state index >= 15 is 0 Å². The second kappa shape index (κ2) is 3.84. The van der Waals surface area contributed by atoms with Gasteiger partial charge in [0.2, 0.25) is 0 Å². The molecule has 0 radical (unpaired) electrons. The molecule has 90 valence electrons. The maximum absolute atomic E-state index is 5.91. The lowest BCUT2D eigenvalue weighted by atomic mass is 10.1. The number of nitrogens with two attached hydrogens (primary N) is 1. The summed E-state index contributed by atoms with van der Waals surface area (Å²) in [6, 6.07) is 9.88. The average Bonchev–Trinajstić information content (AvgIpc) is 2.75. The van der Waals surface area contributed by atoms with Gasteiger partial charge in [-0.1, -0.05) is 18.2 Å². The molecule has 2 N–H and O–H groups in total. The number of aryl methyl sites for hydroxylation is 2. The third-order valence-corrected chi connectivity index (χ3v) is 3.02. The fourth-order valence-electron chi connectivity index (χ4n) is 1.89. The summed E-state index contributed by atoms with van der Waals surface area (Å²) in [6.07, 6.45) is 1.96. The predicted molar refractivity (Wildman–Crippen MR) is 72.3 cm³/mol. The number of anilines is 1. The van der Waals surface area contributed by atoms with Gasteiger partial charge in [-0.2, -0.15) is 0 Å². The molecule has 0 spiro atoms. The van der Waals surface area contributed by atoms with Gasteiger partial charge in [0.25, 0.3) is 0 Å². The molecular weight excluding hydrogens is 224 g/mol. The lowest BCUT2D eigenvalue weighted by Crippen LogP contribution is -1.91. The molecule has 0 aliphatic carbocycles. The summed E-state index contributed by atoms with van der Waals surface area (Å²) >= 11 is 0. The number of benzene rings is 1. The Morgan fingerprint density at radius 2 is 1.94 bits per heavy atom. The molecule has 0 atom stereocenters. The summed E-state index contributed by atoms with van der Waals surface area (Å²) in [5.74, 6) is 0.701. The van der Waals surface area contributed by atoms with Crippen LogP contribution in [0.4, 0.5) is 5.69 Å². The maximum Gasteiger partial charge on any atom is 0.182 e. The first-order valence-electron chi connectivity index (χ1n) is 5.83. The van der Waals surface area contributed by atoms with E-state index in [-0.39, 0.29) is 0 Å². The second-order valence-corrected chi connectivity index (χ2v) is 4.52. The van der Waals surface area contributed by atoms with Crippen LogP contribution in [0.25, 0.3) is 17.0 Å². The molecule has 0 aliphatic rings. The average molecular weight is 238 g/mol. The molecule has 18 heavy (non-hydrogen) atoms. The van der Waals surface area contributed by atoms with Crippen LogP contribution in [0.1, 0.15) is 11.1 Å². The highest BCUT2D eigenvalue weighted by molar-refractivity contribution is 5.65. The Morgan fingerprint density at radius 3 is 2.72 bits per heavy atom. The summed E-state index contributed by atoms with van der Waals surface area (Å²) in [7, 11) is 0. The van der Waals surface area contributed by atoms with Gasteiger partial charge in [0.15, 0.2) is 11.5 Å². The van der Waals surface area contributed by atoms with E-state index in [0.29, 0.717) is 5.82 Å². The summed E-state index contributed by atoms with van der Waals surface area (Å²) in [5.41, 5.74) is 10.7. The minimum absolute atomic E-state index is 0.701. The smallest absolute Gasteiger partial charge is 0.182 e. The largest absolute Gasteiger partial charge is 0.398 e. The van der Waals surface area contributed by atoms with Gasteiger partial charge in [0.1, 0.15) is 0 Å². The fourth-order valence-corrected chi connectivity index (χ4v) is 1.89. The Hall–Kier alpha value is -2.36. The number of nitrogen functional groups attached to an aromatic ring is 1. The number of rotatable bonds is 1. The first kappa shape index (κ1) is 10.8. The van der Waals surface area contributed by atoms with Crippen LogP contribution in [0.3, 0.4) is 0 Å². The van der Waals surface area contributed by atoms with E-state index in [9.17, 15) is 0 Å². The molecule has 2 aromatic heterocycles. The van der Waals surface area contributed by atoms with E-state index in [1.165, 1.54) is 0 Å². The van der Waals surface area contributed by atoms with Crippen molar-refractivity contribution < 1.29 is 0 Å². The van der Waals surface area contributed by atoms with Crippen LogP contribution >= 0.6 is 0 Å². The van der Waals surface area contributed by atoms with E-state index in [1.807, 2.05) is 50.4 Å². The Balaban J connectivity index is 2.16. The van der Waals surface area contributed by atoms with E-state index in [1.54, 1.807) is 4.52 Å². The third-order valence-electron chi connectivity index (χ3n) is 3.02. The van der Waals surface area contributed by atoms with Crippen LogP contribution in [0.15, 0.2) is 36.5 Å². The molecule has 1 aromatic carbocycles. The monoisotopic (exact) mass is 238 g/mol. The molecule has 2 heterocycles. The van der Waals surface area contributed by atoms with Gasteiger partial charge < -0.3 is 5.73 Å². The number of hydrogen-bond acceptors (Lipinski definition) is 3. The molecule has 3 aromatic rings. The van der Waals surface area contributed by atoms with Crippen molar-refractivity contribution in [3.63, 3.8) is 0 Å². The third kappa shape index (κ3) is 1.72. The van der Waals surface area contributed by atoms with Crippen LogP contribution in [-0.4, -0.2) is 14.6 Å². The molecule has 4 heteroatoms.